The Labute approximate surface area is 162 Å². The van der Waals surface area contributed by atoms with Crippen LogP contribution in [0.2, 0.25) is 10.0 Å². The summed E-state index contributed by atoms with van der Waals surface area (Å²) in [4.78, 5) is 12.3. The molecule has 140 valence electrons. The van der Waals surface area contributed by atoms with E-state index < -0.39 is 22.0 Å². The number of halogens is 2. The van der Waals surface area contributed by atoms with Crippen molar-refractivity contribution in [3.05, 3.63) is 52.0 Å². The minimum atomic E-state index is -3.98. The highest BCUT2D eigenvalue weighted by atomic mass is 35.5. The van der Waals surface area contributed by atoms with Crippen molar-refractivity contribution in [3.63, 3.8) is 0 Å². The van der Waals surface area contributed by atoms with Crippen LogP contribution < -0.4 is 14.8 Å². The summed E-state index contributed by atoms with van der Waals surface area (Å²) in [5, 5.41) is 3.23. The topological polar surface area (TPSA) is 84.5 Å². The molecule has 1 atom stereocenters. The summed E-state index contributed by atoms with van der Waals surface area (Å²) in [6, 6.07) is 8.30. The number of carbonyl (C=O) groups is 1. The minimum Gasteiger partial charge on any atom is -0.495 e. The van der Waals surface area contributed by atoms with Crippen LogP contribution in [0.15, 0.2) is 41.3 Å². The Bertz CT molecular complexity index is 932. The highest BCUT2D eigenvalue weighted by molar-refractivity contribution is 7.89. The lowest BCUT2D eigenvalue weighted by Crippen LogP contribution is -2.41. The zero-order chi connectivity index (χ0) is 19.5. The van der Waals surface area contributed by atoms with Crippen molar-refractivity contribution in [1.29, 1.82) is 0 Å². The molecule has 0 aromatic heterocycles. The fraction of sp³-hybridized carbons (Fsp3) is 0.235. The first-order chi connectivity index (χ1) is 12.1. The van der Waals surface area contributed by atoms with E-state index >= 15 is 0 Å². The number of ether oxygens (including phenoxy) is 1. The average molecular weight is 417 g/mol. The lowest BCUT2D eigenvalue weighted by molar-refractivity contribution is -0.117. The lowest BCUT2D eigenvalue weighted by Gasteiger charge is -2.17. The molecule has 2 N–H and O–H groups in total. The monoisotopic (exact) mass is 416 g/mol. The summed E-state index contributed by atoms with van der Waals surface area (Å²) in [5.41, 5.74) is 1.04. The third kappa shape index (κ3) is 4.88. The van der Waals surface area contributed by atoms with Crippen LogP contribution in [0.3, 0.4) is 0 Å². The maximum absolute atomic E-state index is 12.6. The SMILES string of the molecule is COc1ccc(C)cc1S(=O)(=O)NC(C)C(=O)Nc1cc(Cl)ccc1Cl. The van der Waals surface area contributed by atoms with E-state index in [1.54, 1.807) is 25.1 Å². The number of hydrogen-bond acceptors (Lipinski definition) is 4. The van der Waals surface area contributed by atoms with Crippen molar-refractivity contribution in [2.45, 2.75) is 24.8 Å². The van der Waals surface area contributed by atoms with Crippen LogP contribution in [-0.2, 0) is 14.8 Å². The fourth-order valence-electron chi connectivity index (χ4n) is 2.18. The molecule has 2 aromatic carbocycles. The van der Waals surface area contributed by atoms with Gasteiger partial charge in [-0.05, 0) is 49.7 Å². The van der Waals surface area contributed by atoms with E-state index in [1.165, 1.54) is 32.2 Å². The number of carbonyl (C=O) groups excluding carboxylic acids is 1. The van der Waals surface area contributed by atoms with E-state index in [-0.39, 0.29) is 15.7 Å². The summed E-state index contributed by atoms with van der Waals surface area (Å²) < 4.78 is 32.7. The number of benzene rings is 2. The van der Waals surface area contributed by atoms with Gasteiger partial charge in [0.05, 0.1) is 23.9 Å². The number of anilines is 1. The Kier molecular flexibility index (Phi) is 6.52. The number of rotatable bonds is 6. The molecule has 0 radical (unpaired) electrons. The first-order valence-electron chi connectivity index (χ1n) is 7.57. The van der Waals surface area contributed by atoms with Gasteiger partial charge in [-0.1, -0.05) is 29.3 Å². The molecule has 2 aromatic rings. The second kappa shape index (κ2) is 8.26. The second-order valence-electron chi connectivity index (χ2n) is 5.61. The highest BCUT2D eigenvalue weighted by Crippen LogP contribution is 2.26. The third-order valence-electron chi connectivity index (χ3n) is 3.52. The quantitative estimate of drug-likeness (QED) is 0.752. The molecule has 1 unspecified atom stereocenters. The molecule has 0 bridgehead atoms. The van der Waals surface area contributed by atoms with Gasteiger partial charge in [0.15, 0.2) is 0 Å². The Hall–Kier alpha value is -1.80. The zero-order valence-corrected chi connectivity index (χ0v) is 16.7. The van der Waals surface area contributed by atoms with E-state index in [9.17, 15) is 13.2 Å². The Morgan fingerprint density at radius 3 is 2.50 bits per heavy atom. The van der Waals surface area contributed by atoms with E-state index in [0.29, 0.717) is 10.7 Å². The van der Waals surface area contributed by atoms with E-state index in [1.807, 2.05) is 0 Å². The van der Waals surface area contributed by atoms with Gasteiger partial charge >= 0.3 is 0 Å². The first-order valence-corrected chi connectivity index (χ1v) is 9.81. The molecule has 0 saturated carbocycles. The van der Waals surface area contributed by atoms with Crippen LogP contribution in [0.4, 0.5) is 5.69 Å². The Morgan fingerprint density at radius 2 is 1.85 bits per heavy atom. The van der Waals surface area contributed by atoms with Crippen LogP contribution in [0.5, 0.6) is 5.75 Å². The van der Waals surface area contributed by atoms with Gasteiger partial charge in [-0.3, -0.25) is 4.79 Å². The van der Waals surface area contributed by atoms with E-state index in [4.69, 9.17) is 27.9 Å². The molecule has 0 saturated heterocycles. The molecule has 2 rings (SSSR count). The van der Waals surface area contributed by atoms with Gasteiger partial charge < -0.3 is 10.1 Å². The first kappa shape index (κ1) is 20.5. The number of amides is 1. The van der Waals surface area contributed by atoms with Crippen LogP contribution in [0, 0.1) is 6.92 Å². The number of sulfonamides is 1. The predicted octanol–water partition coefficient (Wildman–Crippen LogP) is 3.62. The van der Waals surface area contributed by atoms with Crippen molar-refractivity contribution in [1.82, 2.24) is 4.72 Å². The third-order valence-corrected chi connectivity index (χ3v) is 5.65. The molecule has 0 aliphatic carbocycles. The fourth-order valence-corrected chi connectivity index (χ4v) is 3.97. The van der Waals surface area contributed by atoms with Gasteiger partial charge in [-0.2, -0.15) is 4.72 Å². The number of aryl methyl sites for hydroxylation is 1. The summed E-state index contributed by atoms with van der Waals surface area (Å²) in [6.45, 7) is 3.18. The molecular formula is C17H18Cl2N2O4S. The van der Waals surface area contributed by atoms with Crippen molar-refractivity contribution in [2.75, 3.05) is 12.4 Å². The van der Waals surface area contributed by atoms with E-state index in [0.717, 1.165) is 5.56 Å². The highest BCUT2D eigenvalue weighted by Gasteiger charge is 2.25. The number of hydrogen-bond donors (Lipinski definition) is 2. The molecule has 0 aliphatic heterocycles. The summed E-state index contributed by atoms with van der Waals surface area (Å²) in [6.07, 6.45) is 0. The molecule has 0 heterocycles. The average Bonchev–Trinajstić information content (AvgIpc) is 2.57. The van der Waals surface area contributed by atoms with Crippen molar-refractivity contribution >= 4 is 44.8 Å². The summed E-state index contributed by atoms with van der Waals surface area (Å²) >= 11 is 11.9. The van der Waals surface area contributed by atoms with Gasteiger partial charge in [-0.25, -0.2) is 8.42 Å². The molecule has 0 aliphatic rings. The largest absolute Gasteiger partial charge is 0.495 e. The van der Waals surface area contributed by atoms with Crippen molar-refractivity contribution in [2.24, 2.45) is 0 Å². The molecule has 26 heavy (non-hydrogen) atoms. The second-order valence-corrected chi connectivity index (χ2v) is 8.14. The van der Waals surface area contributed by atoms with Crippen LogP contribution >= 0.6 is 23.2 Å². The predicted molar refractivity (Wildman–Crippen MR) is 103 cm³/mol. The zero-order valence-electron chi connectivity index (χ0n) is 14.3. The van der Waals surface area contributed by atoms with Crippen LogP contribution in [-0.4, -0.2) is 27.5 Å². The van der Waals surface area contributed by atoms with Gasteiger partial charge in [-0.15, -0.1) is 0 Å². The molecule has 0 fully saturated rings. The van der Waals surface area contributed by atoms with Crippen molar-refractivity contribution < 1.29 is 17.9 Å². The van der Waals surface area contributed by atoms with Crippen LogP contribution in [0.25, 0.3) is 0 Å². The summed E-state index contributed by atoms with van der Waals surface area (Å²) in [5.74, 6) is -0.391. The lowest BCUT2D eigenvalue weighted by atomic mass is 10.2. The molecule has 9 heteroatoms. The minimum absolute atomic E-state index is 0.0413. The Morgan fingerprint density at radius 1 is 1.15 bits per heavy atom. The van der Waals surface area contributed by atoms with Gasteiger partial charge in [0.1, 0.15) is 10.6 Å². The van der Waals surface area contributed by atoms with Crippen molar-refractivity contribution in [3.8, 4) is 5.75 Å². The van der Waals surface area contributed by atoms with E-state index in [2.05, 4.69) is 10.0 Å². The standard InChI is InChI=1S/C17H18Cl2N2O4S/c1-10-4-7-15(25-3)16(8-10)26(23,24)21-11(2)17(22)20-14-9-12(18)5-6-13(14)19/h4-9,11,21H,1-3H3,(H,20,22). The molecular weight excluding hydrogens is 399 g/mol. The normalized spacial score (nSPS) is 12.5. The van der Waals surface area contributed by atoms with Gasteiger partial charge in [0.2, 0.25) is 15.9 Å². The maximum atomic E-state index is 12.6. The summed E-state index contributed by atoms with van der Waals surface area (Å²) in [7, 11) is -2.60. The van der Waals surface area contributed by atoms with Gasteiger partial charge in [0, 0.05) is 5.02 Å². The van der Waals surface area contributed by atoms with Gasteiger partial charge in [0.25, 0.3) is 0 Å². The molecule has 0 spiro atoms. The smallest absolute Gasteiger partial charge is 0.244 e. The number of nitrogens with one attached hydrogen (secondary N) is 2. The molecule has 1 amide bonds. The van der Waals surface area contributed by atoms with Crippen LogP contribution in [0.1, 0.15) is 12.5 Å². The number of methoxy groups -OCH3 is 1. The Balaban J connectivity index is 2.20. The molecule has 6 nitrogen and oxygen atoms in total. The maximum Gasteiger partial charge on any atom is 0.244 e.